The van der Waals surface area contributed by atoms with Crippen LogP contribution in [0.25, 0.3) is 0 Å². The SMILES string of the molecule is Nc1cc(Oc2cccc(Oc3ccc(Cl)c(N)c3)c2Cl)ccc1Cl. The summed E-state index contributed by atoms with van der Waals surface area (Å²) >= 11 is 18.2. The zero-order valence-corrected chi connectivity index (χ0v) is 15.1. The molecule has 7 heteroatoms. The molecule has 0 heterocycles. The molecule has 4 nitrogen and oxygen atoms in total. The smallest absolute Gasteiger partial charge is 0.149 e. The number of benzene rings is 3. The summed E-state index contributed by atoms with van der Waals surface area (Å²) in [6, 6.07) is 15.1. The third-order valence-electron chi connectivity index (χ3n) is 3.32. The second-order valence-corrected chi connectivity index (χ2v) is 6.33. The fraction of sp³-hybridized carbons (Fsp3) is 0. The van der Waals surface area contributed by atoms with E-state index >= 15 is 0 Å². The van der Waals surface area contributed by atoms with Gasteiger partial charge in [0.25, 0.3) is 0 Å². The highest BCUT2D eigenvalue weighted by atomic mass is 35.5. The van der Waals surface area contributed by atoms with Crippen LogP contribution in [0.3, 0.4) is 0 Å². The first-order chi connectivity index (χ1) is 11.9. The van der Waals surface area contributed by atoms with E-state index in [1.807, 2.05) is 0 Å². The number of ether oxygens (including phenoxy) is 2. The molecule has 25 heavy (non-hydrogen) atoms. The predicted molar refractivity (Wildman–Crippen MR) is 103 cm³/mol. The molecule has 3 rings (SSSR count). The maximum atomic E-state index is 6.39. The van der Waals surface area contributed by atoms with Crippen LogP contribution in [0.2, 0.25) is 15.1 Å². The molecule has 3 aromatic rings. The Labute approximate surface area is 159 Å². The topological polar surface area (TPSA) is 70.5 Å². The molecule has 3 aromatic carbocycles. The van der Waals surface area contributed by atoms with Crippen LogP contribution in [0.4, 0.5) is 11.4 Å². The third-order valence-corrected chi connectivity index (χ3v) is 4.38. The summed E-state index contributed by atoms with van der Waals surface area (Å²) < 4.78 is 11.5. The zero-order valence-electron chi connectivity index (χ0n) is 12.8. The van der Waals surface area contributed by atoms with Crippen molar-refractivity contribution in [1.29, 1.82) is 0 Å². The first-order valence-corrected chi connectivity index (χ1v) is 8.31. The molecule has 0 aliphatic heterocycles. The second kappa shape index (κ2) is 7.31. The van der Waals surface area contributed by atoms with Gasteiger partial charge >= 0.3 is 0 Å². The summed E-state index contributed by atoms with van der Waals surface area (Å²) in [6.07, 6.45) is 0. The van der Waals surface area contributed by atoms with Crippen molar-refractivity contribution in [2.24, 2.45) is 0 Å². The number of nitrogens with two attached hydrogens (primary N) is 2. The minimum absolute atomic E-state index is 0.310. The average Bonchev–Trinajstić information content (AvgIpc) is 2.58. The summed E-state index contributed by atoms with van der Waals surface area (Å²) in [7, 11) is 0. The molecule has 4 N–H and O–H groups in total. The van der Waals surface area contributed by atoms with Crippen LogP contribution in [0.1, 0.15) is 0 Å². The van der Waals surface area contributed by atoms with Crippen molar-refractivity contribution in [3.05, 3.63) is 69.7 Å². The van der Waals surface area contributed by atoms with E-state index in [4.69, 9.17) is 55.7 Å². The van der Waals surface area contributed by atoms with E-state index in [0.717, 1.165) is 0 Å². The van der Waals surface area contributed by atoms with E-state index < -0.39 is 0 Å². The quantitative estimate of drug-likeness (QED) is 0.502. The Hall–Kier alpha value is -2.27. The molecule has 0 atom stereocenters. The molecule has 0 spiro atoms. The van der Waals surface area contributed by atoms with Gasteiger partial charge in [-0.1, -0.05) is 40.9 Å². The van der Waals surface area contributed by atoms with Gasteiger partial charge < -0.3 is 20.9 Å². The minimum atomic E-state index is 0.310. The molecule has 0 aliphatic rings. The highest BCUT2D eigenvalue weighted by Gasteiger charge is 2.12. The zero-order chi connectivity index (χ0) is 18.0. The summed E-state index contributed by atoms with van der Waals surface area (Å²) in [5, 5.41) is 1.22. The van der Waals surface area contributed by atoms with Crippen molar-refractivity contribution in [2.45, 2.75) is 0 Å². The molecular weight excluding hydrogens is 383 g/mol. The molecule has 0 aromatic heterocycles. The highest BCUT2D eigenvalue weighted by Crippen LogP contribution is 2.39. The molecule has 0 saturated heterocycles. The van der Waals surface area contributed by atoms with E-state index in [-0.39, 0.29) is 0 Å². The van der Waals surface area contributed by atoms with Crippen LogP contribution in [0.15, 0.2) is 54.6 Å². The molecule has 0 amide bonds. The Balaban J connectivity index is 1.86. The van der Waals surface area contributed by atoms with Gasteiger partial charge in [-0.05, 0) is 36.4 Å². The largest absolute Gasteiger partial charge is 0.456 e. The molecule has 0 bridgehead atoms. The van der Waals surface area contributed by atoms with Crippen molar-refractivity contribution < 1.29 is 9.47 Å². The fourth-order valence-electron chi connectivity index (χ4n) is 2.07. The monoisotopic (exact) mass is 394 g/mol. The van der Waals surface area contributed by atoms with Crippen LogP contribution in [-0.4, -0.2) is 0 Å². The average molecular weight is 396 g/mol. The van der Waals surface area contributed by atoms with Crippen LogP contribution in [0.5, 0.6) is 23.0 Å². The molecular formula is C18H13Cl3N2O2. The minimum Gasteiger partial charge on any atom is -0.456 e. The van der Waals surface area contributed by atoms with Crippen LogP contribution in [0, 0.1) is 0 Å². The highest BCUT2D eigenvalue weighted by molar-refractivity contribution is 6.34. The lowest BCUT2D eigenvalue weighted by Crippen LogP contribution is -1.92. The van der Waals surface area contributed by atoms with Gasteiger partial charge in [0, 0.05) is 12.1 Å². The lowest BCUT2D eigenvalue weighted by molar-refractivity contribution is 0.461. The van der Waals surface area contributed by atoms with E-state index in [0.29, 0.717) is 49.4 Å². The Bertz CT molecular complexity index is 860. The van der Waals surface area contributed by atoms with E-state index in [2.05, 4.69) is 0 Å². The van der Waals surface area contributed by atoms with Gasteiger partial charge in [-0.2, -0.15) is 0 Å². The van der Waals surface area contributed by atoms with Gasteiger partial charge in [-0.15, -0.1) is 0 Å². The van der Waals surface area contributed by atoms with E-state index in [1.54, 1.807) is 54.6 Å². The van der Waals surface area contributed by atoms with Gasteiger partial charge in [0.15, 0.2) is 0 Å². The number of hydrogen-bond acceptors (Lipinski definition) is 4. The lowest BCUT2D eigenvalue weighted by atomic mass is 10.3. The maximum Gasteiger partial charge on any atom is 0.149 e. The first-order valence-electron chi connectivity index (χ1n) is 7.18. The molecule has 128 valence electrons. The Kier molecular flexibility index (Phi) is 5.13. The Morgan fingerprint density at radius 1 is 0.640 bits per heavy atom. The number of rotatable bonds is 4. The number of nitrogen functional groups attached to an aromatic ring is 2. The van der Waals surface area contributed by atoms with Gasteiger partial charge in [0.05, 0.1) is 21.4 Å². The summed E-state index contributed by atoms with van der Waals surface area (Å²) in [5.41, 5.74) is 12.4. The van der Waals surface area contributed by atoms with Gasteiger partial charge in [0.2, 0.25) is 0 Å². The summed E-state index contributed by atoms with van der Waals surface area (Å²) in [6.45, 7) is 0. The van der Waals surface area contributed by atoms with Crippen molar-refractivity contribution in [3.63, 3.8) is 0 Å². The summed E-state index contributed by atoms with van der Waals surface area (Å²) in [4.78, 5) is 0. The van der Waals surface area contributed by atoms with Crippen molar-refractivity contribution >= 4 is 46.2 Å². The lowest BCUT2D eigenvalue weighted by Gasteiger charge is -2.13. The van der Waals surface area contributed by atoms with Crippen LogP contribution >= 0.6 is 34.8 Å². The second-order valence-electron chi connectivity index (χ2n) is 5.14. The Morgan fingerprint density at radius 2 is 1.08 bits per heavy atom. The standard InChI is InChI=1S/C18H13Cl3N2O2/c19-12-6-4-10(8-14(12)22)24-16-2-1-3-17(18(16)21)25-11-5-7-13(20)15(23)9-11/h1-9H,22-23H2. The van der Waals surface area contributed by atoms with Crippen LogP contribution < -0.4 is 20.9 Å². The van der Waals surface area contributed by atoms with Gasteiger partial charge in [-0.25, -0.2) is 0 Å². The van der Waals surface area contributed by atoms with Gasteiger partial charge in [0.1, 0.15) is 28.0 Å². The molecule has 0 radical (unpaired) electrons. The predicted octanol–water partition coefficient (Wildman–Crippen LogP) is 6.40. The fourth-order valence-corrected chi connectivity index (χ4v) is 2.51. The van der Waals surface area contributed by atoms with E-state index in [9.17, 15) is 0 Å². The Morgan fingerprint density at radius 3 is 1.48 bits per heavy atom. The molecule has 0 saturated carbocycles. The van der Waals surface area contributed by atoms with Crippen molar-refractivity contribution in [2.75, 3.05) is 11.5 Å². The van der Waals surface area contributed by atoms with Crippen LogP contribution in [-0.2, 0) is 0 Å². The van der Waals surface area contributed by atoms with Crippen molar-refractivity contribution in [3.8, 4) is 23.0 Å². The molecule has 0 aliphatic carbocycles. The number of anilines is 2. The normalized spacial score (nSPS) is 10.5. The third kappa shape index (κ3) is 4.04. The molecule has 0 unspecified atom stereocenters. The number of halogens is 3. The first kappa shape index (κ1) is 17.5. The molecule has 0 fully saturated rings. The maximum absolute atomic E-state index is 6.39. The number of hydrogen-bond donors (Lipinski definition) is 2. The summed E-state index contributed by atoms with van der Waals surface area (Å²) in [5.74, 6) is 1.86. The van der Waals surface area contributed by atoms with Crippen molar-refractivity contribution in [1.82, 2.24) is 0 Å². The van der Waals surface area contributed by atoms with Gasteiger partial charge in [-0.3, -0.25) is 0 Å². The van der Waals surface area contributed by atoms with E-state index in [1.165, 1.54) is 0 Å².